The number of nitriles is 1. The van der Waals surface area contributed by atoms with Crippen LogP contribution in [0, 0.1) is 11.3 Å². The predicted molar refractivity (Wildman–Crippen MR) is 60.2 cm³/mol. The van der Waals surface area contributed by atoms with E-state index in [1.807, 2.05) is 19.9 Å². The Bertz CT molecular complexity index is 433. The molecule has 0 heterocycles. The zero-order chi connectivity index (χ0) is 12.1. The number of hydrogen-bond acceptors (Lipinski definition) is 3. The van der Waals surface area contributed by atoms with Gasteiger partial charge >= 0.3 is 0 Å². The zero-order valence-corrected chi connectivity index (χ0v) is 9.36. The van der Waals surface area contributed by atoms with Gasteiger partial charge in [-0.2, -0.15) is 5.26 Å². The third kappa shape index (κ3) is 2.74. The van der Waals surface area contributed by atoms with Gasteiger partial charge in [0, 0.05) is 5.56 Å². The second-order valence-corrected chi connectivity index (χ2v) is 3.71. The number of rotatable bonds is 4. The highest BCUT2D eigenvalue weighted by Gasteiger charge is 2.12. The van der Waals surface area contributed by atoms with Crippen molar-refractivity contribution < 1.29 is 9.53 Å². The number of nitrogens with zero attached hydrogens (tertiary/aromatic N) is 1. The van der Waals surface area contributed by atoms with Crippen molar-refractivity contribution in [1.29, 1.82) is 5.26 Å². The summed E-state index contributed by atoms with van der Waals surface area (Å²) in [5, 5.41) is 8.40. The summed E-state index contributed by atoms with van der Waals surface area (Å²) < 4.78 is 5.17. The highest BCUT2D eigenvalue weighted by Crippen LogP contribution is 2.24. The first-order chi connectivity index (χ1) is 7.56. The summed E-state index contributed by atoms with van der Waals surface area (Å²) in [4.78, 5) is 11.2. The smallest absolute Gasteiger partial charge is 0.248 e. The van der Waals surface area contributed by atoms with Crippen LogP contribution in [0.5, 0.6) is 5.75 Å². The number of amides is 1. The van der Waals surface area contributed by atoms with Gasteiger partial charge in [-0.25, -0.2) is 0 Å². The molecular weight excluding hydrogens is 204 g/mol. The van der Waals surface area contributed by atoms with Gasteiger partial charge in [-0.15, -0.1) is 0 Å². The molecule has 1 rings (SSSR count). The molecule has 0 aliphatic rings. The summed E-state index contributed by atoms with van der Waals surface area (Å²) in [7, 11) is 0. The molecule has 2 N–H and O–H groups in total. The topological polar surface area (TPSA) is 76.1 Å². The Morgan fingerprint density at radius 2 is 2.25 bits per heavy atom. The maximum atomic E-state index is 11.2. The van der Waals surface area contributed by atoms with E-state index in [1.54, 1.807) is 18.2 Å². The third-order valence-electron chi connectivity index (χ3n) is 2.21. The monoisotopic (exact) mass is 218 g/mol. The van der Waals surface area contributed by atoms with E-state index in [0.29, 0.717) is 11.3 Å². The quantitative estimate of drug-likeness (QED) is 0.837. The maximum Gasteiger partial charge on any atom is 0.248 e. The molecule has 84 valence electrons. The molecule has 0 aliphatic carbocycles. The van der Waals surface area contributed by atoms with E-state index in [2.05, 4.69) is 0 Å². The van der Waals surface area contributed by atoms with Crippen molar-refractivity contribution in [2.45, 2.75) is 19.8 Å². The second kappa shape index (κ2) is 5.17. The highest BCUT2D eigenvalue weighted by atomic mass is 16.5. The zero-order valence-electron chi connectivity index (χ0n) is 9.36. The average molecular weight is 218 g/mol. The van der Waals surface area contributed by atoms with Gasteiger partial charge < -0.3 is 10.5 Å². The number of carbonyl (C=O) groups excluding carboxylic acids is 1. The predicted octanol–water partition coefficient (Wildman–Crippen LogP) is 1.81. The standard InChI is InChI=1S/C12H14N2O2/c1-8(2)11-7-9(16-6-5-13)3-4-10(11)12(14)15/h3-4,7-8H,6H2,1-2H3,(H2,14,15). The molecule has 1 aromatic carbocycles. The fourth-order valence-electron chi connectivity index (χ4n) is 1.45. The van der Waals surface area contributed by atoms with Crippen molar-refractivity contribution in [3.05, 3.63) is 29.3 Å². The van der Waals surface area contributed by atoms with E-state index in [-0.39, 0.29) is 12.5 Å². The molecule has 4 heteroatoms. The Kier molecular flexibility index (Phi) is 3.90. The Hall–Kier alpha value is -2.02. The van der Waals surface area contributed by atoms with Crippen molar-refractivity contribution >= 4 is 5.91 Å². The fourth-order valence-corrected chi connectivity index (χ4v) is 1.45. The van der Waals surface area contributed by atoms with Gasteiger partial charge in [-0.3, -0.25) is 4.79 Å². The van der Waals surface area contributed by atoms with Crippen LogP contribution in [0.1, 0.15) is 35.7 Å². The summed E-state index contributed by atoms with van der Waals surface area (Å²) in [5.74, 6) is 0.305. The highest BCUT2D eigenvalue weighted by molar-refractivity contribution is 5.94. The molecule has 0 saturated carbocycles. The van der Waals surface area contributed by atoms with Gasteiger partial charge in [0.2, 0.25) is 5.91 Å². The van der Waals surface area contributed by atoms with E-state index in [9.17, 15) is 4.79 Å². The third-order valence-corrected chi connectivity index (χ3v) is 2.21. The van der Waals surface area contributed by atoms with E-state index < -0.39 is 5.91 Å². The maximum absolute atomic E-state index is 11.2. The number of primary amides is 1. The van der Waals surface area contributed by atoms with Gasteiger partial charge in [0.15, 0.2) is 6.61 Å². The van der Waals surface area contributed by atoms with Crippen LogP contribution in [0.25, 0.3) is 0 Å². The molecule has 0 radical (unpaired) electrons. The van der Waals surface area contributed by atoms with Crippen LogP contribution >= 0.6 is 0 Å². The second-order valence-electron chi connectivity index (χ2n) is 3.71. The fraction of sp³-hybridized carbons (Fsp3) is 0.333. The van der Waals surface area contributed by atoms with E-state index in [0.717, 1.165) is 5.56 Å². The molecule has 0 aliphatic heterocycles. The van der Waals surface area contributed by atoms with Crippen LogP contribution in [-0.4, -0.2) is 12.5 Å². The first-order valence-electron chi connectivity index (χ1n) is 4.99. The first-order valence-corrected chi connectivity index (χ1v) is 4.99. The Morgan fingerprint density at radius 3 is 2.75 bits per heavy atom. The largest absolute Gasteiger partial charge is 0.479 e. The van der Waals surface area contributed by atoms with Gasteiger partial charge in [0.05, 0.1) is 0 Å². The molecule has 0 aromatic heterocycles. The molecule has 0 bridgehead atoms. The van der Waals surface area contributed by atoms with Crippen molar-refractivity contribution in [3.8, 4) is 11.8 Å². The van der Waals surface area contributed by atoms with Gasteiger partial charge in [-0.1, -0.05) is 13.8 Å². The van der Waals surface area contributed by atoms with Gasteiger partial charge in [0.1, 0.15) is 11.8 Å². The number of nitrogens with two attached hydrogens (primary N) is 1. The minimum atomic E-state index is -0.449. The Labute approximate surface area is 94.6 Å². The summed E-state index contributed by atoms with van der Waals surface area (Å²) in [6, 6.07) is 6.91. The van der Waals surface area contributed by atoms with E-state index >= 15 is 0 Å². The van der Waals surface area contributed by atoms with Gasteiger partial charge in [0.25, 0.3) is 0 Å². The van der Waals surface area contributed by atoms with Crippen molar-refractivity contribution in [3.63, 3.8) is 0 Å². The minimum Gasteiger partial charge on any atom is -0.479 e. The van der Waals surface area contributed by atoms with Crippen LogP contribution < -0.4 is 10.5 Å². The van der Waals surface area contributed by atoms with E-state index in [4.69, 9.17) is 15.7 Å². The molecule has 4 nitrogen and oxygen atoms in total. The number of hydrogen-bond donors (Lipinski definition) is 1. The van der Waals surface area contributed by atoms with Crippen LogP contribution in [0.4, 0.5) is 0 Å². The lowest BCUT2D eigenvalue weighted by Gasteiger charge is -2.12. The van der Waals surface area contributed by atoms with E-state index in [1.165, 1.54) is 0 Å². The molecule has 0 atom stereocenters. The molecule has 0 unspecified atom stereocenters. The van der Waals surface area contributed by atoms with Gasteiger partial charge in [-0.05, 0) is 29.7 Å². The van der Waals surface area contributed by atoms with Crippen molar-refractivity contribution in [1.82, 2.24) is 0 Å². The summed E-state index contributed by atoms with van der Waals surface area (Å²) in [6.07, 6.45) is 0. The Balaban J connectivity index is 3.08. The van der Waals surface area contributed by atoms with Crippen molar-refractivity contribution in [2.24, 2.45) is 5.73 Å². The molecule has 0 spiro atoms. The lowest BCUT2D eigenvalue weighted by molar-refractivity contribution is 0.0999. The molecule has 1 amide bonds. The molecule has 0 saturated heterocycles. The normalized spacial score (nSPS) is 9.88. The van der Waals surface area contributed by atoms with Crippen LogP contribution in [0.2, 0.25) is 0 Å². The number of carbonyl (C=O) groups is 1. The molecular formula is C12H14N2O2. The number of benzene rings is 1. The van der Waals surface area contributed by atoms with Crippen molar-refractivity contribution in [2.75, 3.05) is 6.61 Å². The number of ether oxygens (including phenoxy) is 1. The molecule has 0 fully saturated rings. The average Bonchev–Trinajstić information content (AvgIpc) is 2.25. The van der Waals surface area contributed by atoms with Crippen LogP contribution in [-0.2, 0) is 0 Å². The summed E-state index contributed by atoms with van der Waals surface area (Å²) in [5.41, 5.74) is 6.61. The Morgan fingerprint density at radius 1 is 1.56 bits per heavy atom. The lowest BCUT2D eigenvalue weighted by atomic mass is 9.96. The first kappa shape index (κ1) is 12.1. The van der Waals surface area contributed by atoms with Crippen LogP contribution in [0.15, 0.2) is 18.2 Å². The minimum absolute atomic E-state index is 0.00649. The summed E-state index contributed by atoms with van der Waals surface area (Å²) >= 11 is 0. The molecule has 1 aromatic rings. The lowest BCUT2D eigenvalue weighted by Crippen LogP contribution is -2.14. The SMILES string of the molecule is CC(C)c1cc(OCC#N)ccc1C(N)=O. The molecule has 16 heavy (non-hydrogen) atoms. The van der Waals surface area contributed by atoms with Crippen LogP contribution in [0.3, 0.4) is 0 Å². The summed E-state index contributed by atoms with van der Waals surface area (Å²) in [6.45, 7) is 3.93.